The van der Waals surface area contributed by atoms with Gasteiger partial charge in [-0.15, -0.1) is 0 Å². The van der Waals surface area contributed by atoms with E-state index >= 15 is 0 Å². The van der Waals surface area contributed by atoms with Gasteiger partial charge in [0.2, 0.25) is 0 Å². The number of pyridine rings is 1. The first kappa shape index (κ1) is 16.2. The van der Waals surface area contributed by atoms with E-state index in [1.54, 1.807) is 18.2 Å². The minimum Gasteiger partial charge on any atom is -0.497 e. The monoisotopic (exact) mass is 318 g/mol. The summed E-state index contributed by atoms with van der Waals surface area (Å²) in [4.78, 5) is 25.7. The van der Waals surface area contributed by atoms with Crippen LogP contribution < -0.4 is 9.47 Å². The van der Waals surface area contributed by atoms with Gasteiger partial charge in [-0.2, -0.15) is 0 Å². The second kappa shape index (κ2) is 6.30. The minimum atomic E-state index is -1.38. The molecule has 0 aliphatic rings. The van der Waals surface area contributed by atoms with Gasteiger partial charge in [-0.25, -0.2) is 9.78 Å². The van der Waals surface area contributed by atoms with Crippen LogP contribution in [0.1, 0.15) is 15.9 Å². The van der Waals surface area contributed by atoms with Crippen LogP contribution >= 0.6 is 0 Å². The molecule has 120 valence electrons. The SMILES string of the molecule is COc1cc(OC)cc(-c2ncc([N+](=O)[O-])c(C(=O)O)c2C)c1. The van der Waals surface area contributed by atoms with E-state index in [1.165, 1.54) is 21.1 Å². The summed E-state index contributed by atoms with van der Waals surface area (Å²) in [6.07, 6.45) is 0.942. The van der Waals surface area contributed by atoms with Crippen molar-refractivity contribution in [2.24, 2.45) is 0 Å². The number of carboxylic acid groups (broad SMARTS) is 1. The van der Waals surface area contributed by atoms with E-state index < -0.39 is 16.6 Å². The number of nitro groups is 1. The van der Waals surface area contributed by atoms with Crippen LogP contribution in [0.25, 0.3) is 11.3 Å². The van der Waals surface area contributed by atoms with Gasteiger partial charge >= 0.3 is 11.7 Å². The van der Waals surface area contributed by atoms with Crippen LogP contribution in [-0.2, 0) is 0 Å². The van der Waals surface area contributed by atoms with E-state index in [4.69, 9.17) is 9.47 Å². The summed E-state index contributed by atoms with van der Waals surface area (Å²) in [5.41, 5.74) is 0.110. The van der Waals surface area contributed by atoms with Crippen LogP contribution in [0, 0.1) is 17.0 Å². The summed E-state index contributed by atoms with van der Waals surface area (Å²) < 4.78 is 10.3. The molecule has 23 heavy (non-hydrogen) atoms. The lowest BCUT2D eigenvalue weighted by Gasteiger charge is -2.11. The lowest BCUT2D eigenvalue weighted by molar-refractivity contribution is -0.385. The zero-order valence-corrected chi connectivity index (χ0v) is 12.7. The highest BCUT2D eigenvalue weighted by atomic mass is 16.6. The van der Waals surface area contributed by atoms with E-state index in [1.807, 2.05) is 0 Å². The zero-order chi connectivity index (χ0) is 17.1. The molecule has 0 spiro atoms. The van der Waals surface area contributed by atoms with Crippen molar-refractivity contribution in [2.75, 3.05) is 14.2 Å². The van der Waals surface area contributed by atoms with Crippen molar-refractivity contribution in [3.63, 3.8) is 0 Å². The Hall–Kier alpha value is -3.16. The number of hydrogen-bond acceptors (Lipinski definition) is 6. The number of ether oxygens (including phenoxy) is 2. The molecule has 8 nitrogen and oxygen atoms in total. The molecule has 2 aromatic rings. The van der Waals surface area contributed by atoms with Crippen molar-refractivity contribution in [2.45, 2.75) is 6.92 Å². The maximum atomic E-state index is 11.4. The summed E-state index contributed by atoms with van der Waals surface area (Å²) in [7, 11) is 2.97. The number of hydrogen-bond donors (Lipinski definition) is 1. The Morgan fingerprint density at radius 3 is 2.22 bits per heavy atom. The van der Waals surface area contributed by atoms with Gasteiger partial charge < -0.3 is 14.6 Å². The average molecular weight is 318 g/mol. The van der Waals surface area contributed by atoms with Crippen LogP contribution in [0.3, 0.4) is 0 Å². The highest BCUT2D eigenvalue weighted by molar-refractivity contribution is 5.95. The Morgan fingerprint density at radius 1 is 1.22 bits per heavy atom. The second-order valence-electron chi connectivity index (χ2n) is 4.66. The normalized spacial score (nSPS) is 10.2. The Labute approximate surface area is 131 Å². The zero-order valence-electron chi connectivity index (χ0n) is 12.7. The molecular formula is C15H14N2O6. The highest BCUT2D eigenvalue weighted by Gasteiger charge is 2.26. The largest absolute Gasteiger partial charge is 0.497 e. The fourth-order valence-corrected chi connectivity index (χ4v) is 2.24. The molecule has 0 fully saturated rings. The summed E-state index contributed by atoms with van der Waals surface area (Å²) in [5, 5.41) is 20.3. The lowest BCUT2D eigenvalue weighted by atomic mass is 10.0. The first-order valence-electron chi connectivity index (χ1n) is 6.49. The molecular weight excluding hydrogens is 304 g/mol. The summed E-state index contributed by atoms with van der Waals surface area (Å²) >= 11 is 0. The van der Waals surface area contributed by atoms with Crippen molar-refractivity contribution < 1.29 is 24.3 Å². The van der Waals surface area contributed by atoms with Gasteiger partial charge in [0.05, 0.1) is 24.8 Å². The maximum absolute atomic E-state index is 11.4. The van der Waals surface area contributed by atoms with Crippen LogP contribution in [0.5, 0.6) is 11.5 Å². The predicted octanol–water partition coefficient (Wildman–Crippen LogP) is 2.68. The fourth-order valence-electron chi connectivity index (χ4n) is 2.24. The Kier molecular flexibility index (Phi) is 4.44. The van der Waals surface area contributed by atoms with E-state index in [2.05, 4.69) is 4.98 Å². The number of aromatic nitrogens is 1. The van der Waals surface area contributed by atoms with Gasteiger partial charge in [-0.1, -0.05) is 0 Å². The molecule has 0 radical (unpaired) electrons. The molecule has 1 heterocycles. The molecule has 0 saturated heterocycles. The second-order valence-corrected chi connectivity index (χ2v) is 4.66. The third-order valence-corrected chi connectivity index (χ3v) is 3.34. The third-order valence-electron chi connectivity index (χ3n) is 3.34. The molecule has 0 saturated carbocycles. The standard InChI is InChI=1S/C15H14N2O6/c1-8-13(15(18)19)12(17(20)21)7-16-14(8)9-4-10(22-2)6-11(5-9)23-3/h4-7H,1-3H3,(H,18,19). The molecule has 8 heteroatoms. The van der Waals surface area contributed by atoms with Gasteiger partial charge in [0.1, 0.15) is 23.3 Å². The van der Waals surface area contributed by atoms with Gasteiger partial charge in [-0.05, 0) is 24.6 Å². The average Bonchev–Trinajstić information content (AvgIpc) is 2.53. The summed E-state index contributed by atoms with van der Waals surface area (Å²) in [6.45, 7) is 1.48. The minimum absolute atomic E-state index is 0.196. The van der Waals surface area contributed by atoms with E-state index in [0.717, 1.165) is 6.20 Å². The van der Waals surface area contributed by atoms with Crippen LogP contribution in [0.4, 0.5) is 5.69 Å². The smallest absolute Gasteiger partial charge is 0.343 e. The van der Waals surface area contributed by atoms with Gasteiger partial charge in [0.25, 0.3) is 0 Å². The number of nitrogens with zero attached hydrogens (tertiary/aromatic N) is 2. The number of carboxylic acids is 1. The quantitative estimate of drug-likeness (QED) is 0.666. The first-order chi connectivity index (χ1) is 10.9. The summed E-state index contributed by atoms with van der Waals surface area (Å²) in [6, 6.07) is 4.95. The van der Waals surface area contributed by atoms with E-state index in [0.29, 0.717) is 22.8 Å². The molecule has 0 amide bonds. The van der Waals surface area contributed by atoms with Crippen molar-refractivity contribution in [1.29, 1.82) is 0 Å². The lowest BCUT2D eigenvalue weighted by Crippen LogP contribution is -2.08. The number of aromatic carboxylic acids is 1. The third kappa shape index (κ3) is 3.05. The van der Waals surface area contributed by atoms with Crippen LogP contribution in [0.2, 0.25) is 0 Å². The topological polar surface area (TPSA) is 112 Å². The molecule has 1 aromatic heterocycles. The number of methoxy groups -OCH3 is 2. The van der Waals surface area contributed by atoms with Crippen molar-refractivity contribution in [3.05, 3.63) is 45.6 Å². The molecule has 1 aromatic carbocycles. The fraction of sp³-hybridized carbons (Fsp3) is 0.200. The Morgan fingerprint density at radius 2 is 1.78 bits per heavy atom. The number of rotatable bonds is 5. The number of benzene rings is 1. The van der Waals surface area contributed by atoms with Crippen LogP contribution in [-0.4, -0.2) is 35.2 Å². The molecule has 0 atom stereocenters. The van der Waals surface area contributed by atoms with Gasteiger partial charge in [-0.3, -0.25) is 10.1 Å². The predicted molar refractivity (Wildman–Crippen MR) is 81.1 cm³/mol. The first-order valence-corrected chi connectivity index (χ1v) is 6.49. The van der Waals surface area contributed by atoms with Crippen LogP contribution in [0.15, 0.2) is 24.4 Å². The molecule has 0 unspecified atom stereocenters. The van der Waals surface area contributed by atoms with E-state index in [-0.39, 0.29) is 11.1 Å². The van der Waals surface area contributed by atoms with E-state index in [9.17, 15) is 20.0 Å². The molecule has 0 aliphatic heterocycles. The molecule has 1 N–H and O–H groups in total. The van der Waals surface area contributed by atoms with Crippen molar-refractivity contribution in [3.8, 4) is 22.8 Å². The van der Waals surface area contributed by atoms with Crippen molar-refractivity contribution >= 4 is 11.7 Å². The maximum Gasteiger partial charge on any atom is 0.343 e. The molecule has 0 bridgehead atoms. The Bertz CT molecular complexity index is 766. The van der Waals surface area contributed by atoms with Crippen molar-refractivity contribution in [1.82, 2.24) is 4.98 Å². The number of carbonyl (C=O) groups is 1. The Balaban J connectivity index is 2.72. The summed E-state index contributed by atoms with van der Waals surface area (Å²) in [5.74, 6) is -0.390. The molecule has 2 rings (SSSR count). The van der Waals surface area contributed by atoms with Gasteiger partial charge in [0.15, 0.2) is 0 Å². The molecule has 0 aliphatic carbocycles. The highest BCUT2D eigenvalue weighted by Crippen LogP contribution is 2.33. The van der Waals surface area contributed by atoms with Gasteiger partial charge in [0, 0.05) is 11.6 Å².